The van der Waals surface area contributed by atoms with Gasteiger partial charge in [-0.25, -0.2) is 4.98 Å². The van der Waals surface area contributed by atoms with Gasteiger partial charge in [0.05, 0.1) is 0 Å². The van der Waals surface area contributed by atoms with Gasteiger partial charge in [-0.3, -0.25) is 4.90 Å². The fraction of sp³-hybridized carbons (Fsp3) is 0.700. The summed E-state index contributed by atoms with van der Waals surface area (Å²) in [5.74, 6) is 1.64. The van der Waals surface area contributed by atoms with Crippen LogP contribution in [0.5, 0.6) is 0 Å². The van der Waals surface area contributed by atoms with Crippen LogP contribution in [0.15, 0.2) is 6.20 Å². The average Bonchev–Trinajstić information content (AvgIpc) is 2.62. The third kappa shape index (κ3) is 2.27. The molecule has 0 N–H and O–H groups in total. The van der Waals surface area contributed by atoms with E-state index < -0.39 is 0 Å². The van der Waals surface area contributed by atoms with Crippen LogP contribution in [0.3, 0.4) is 0 Å². The molecule has 0 radical (unpaired) electrons. The Hall–Kier alpha value is -0.120. The molecule has 1 aromatic heterocycles. The van der Waals surface area contributed by atoms with Crippen LogP contribution in [0.2, 0.25) is 4.47 Å². The van der Waals surface area contributed by atoms with Gasteiger partial charge in [0.15, 0.2) is 4.47 Å². The molecule has 0 bridgehead atoms. The summed E-state index contributed by atoms with van der Waals surface area (Å²) in [4.78, 5) is 7.81. The summed E-state index contributed by atoms with van der Waals surface area (Å²) in [5.41, 5.74) is 0. The van der Waals surface area contributed by atoms with Crippen LogP contribution in [0.4, 0.5) is 0 Å². The van der Waals surface area contributed by atoms with Crippen LogP contribution in [-0.4, -0.2) is 23.0 Å². The number of halogens is 1. The Balaban J connectivity index is 1.93. The highest BCUT2D eigenvalue weighted by atomic mass is 35.5. The van der Waals surface area contributed by atoms with Crippen LogP contribution >= 0.6 is 22.9 Å². The minimum absolute atomic E-state index is 0.653. The summed E-state index contributed by atoms with van der Waals surface area (Å²) in [5, 5.41) is 0. The second-order valence-corrected chi connectivity index (χ2v) is 5.93. The van der Waals surface area contributed by atoms with Gasteiger partial charge in [0.1, 0.15) is 0 Å². The average molecular weight is 231 g/mol. The molecule has 1 aromatic rings. The zero-order valence-corrected chi connectivity index (χ0v) is 10.1. The van der Waals surface area contributed by atoms with Crippen molar-refractivity contribution in [1.29, 1.82) is 0 Å². The van der Waals surface area contributed by atoms with Crippen molar-refractivity contribution in [1.82, 2.24) is 9.88 Å². The maximum atomic E-state index is 5.79. The fourth-order valence-corrected chi connectivity index (χ4v) is 2.98. The SMILES string of the molecule is CC1CN(Cc2cnc(Cl)s2)CC1C. The van der Waals surface area contributed by atoms with Gasteiger partial charge in [-0.15, -0.1) is 11.3 Å². The Bertz CT molecular complexity index is 303. The van der Waals surface area contributed by atoms with E-state index in [0.29, 0.717) is 4.47 Å². The molecule has 1 saturated heterocycles. The Morgan fingerprint density at radius 3 is 2.64 bits per heavy atom. The molecular formula is C10H15ClN2S. The molecule has 14 heavy (non-hydrogen) atoms. The highest BCUT2D eigenvalue weighted by molar-refractivity contribution is 7.15. The normalized spacial score (nSPS) is 28.5. The second kappa shape index (κ2) is 4.17. The first-order valence-corrected chi connectivity index (χ1v) is 6.17. The highest BCUT2D eigenvalue weighted by Crippen LogP contribution is 2.26. The number of nitrogens with zero attached hydrogens (tertiary/aromatic N) is 2. The van der Waals surface area contributed by atoms with Gasteiger partial charge in [-0.05, 0) is 11.8 Å². The quantitative estimate of drug-likeness (QED) is 0.777. The van der Waals surface area contributed by atoms with Crippen molar-refractivity contribution in [2.24, 2.45) is 11.8 Å². The molecule has 0 aliphatic carbocycles. The van der Waals surface area contributed by atoms with Crippen LogP contribution in [0.25, 0.3) is 0 Å². The monoisotopic (exact) mass is 230 g/mol. The van der Waals surface area contributed by atoms with E-state index in [0.717, 1.165) is 18.4 Å². The Morgan fingerprint density at radius 1 is 1.50 bits per heavy atom. The first-order valence-electron chi connectivity index (χ1n) is 4.97. The lowest BCUT2D eigenvalue weighted by atomic mass is 10.0. The summed E-state index contributed by atoms with van der Waals surface area (Å²) in [6.07, 6.45) is 1.89. The van der Waals surface area contributed by atoms with Crippen molar-refractivity contribution < 1.29 is 0 Å². The van der Waals surface area contributed by atoms with E-state index in [2.05, 4.69) is 23.7 Å². The van der Waals surface area contributed by atoms with E-state index in [1.165, 1.54) is 18.0 Å². The van der Waals surface area contributed by atoms with Crippen molar-refractivity contribution in [3.05, 3.63) is 15.5 Å². The molecular weight excluding hydrogens is 216 g/mol. The van der Waals surface area contributed by atoms with E-state index in [1.54, 1.807) is 11.3 Å². The van der Waals surface area contributed by atoms with Gasteiger partial charge in [-0.1, -0.05) is 25.4 Å². The molecule has 2 nitrogen and oxygen atoms in total. The molecule has 2 unspecified atom stereocenters. The van der Waals surface area contributed by atoms with Crippen molar-refractivity contribution in [3.63, 3.8) is 0 Å². The molecule has 0 aromatic carbocycles. The lowest BCUT2D eigenvalue weighted by molar-refractivity contribution is 0.319. The lowest BCUT2D eigenvalue weighted by Crippen LogP contribution is -2.19. The standard InChI is InChI=1S/C10H15ClN2S/c1-7-4-13(5-8(7)2)6-9-3-12-10(11)14-9/h3,7-8H,4-6H2,1-2H3. The number of hydrogen-bond acceptors (Lipinski definition) is 3. The summed E-state index contributed by atoms with van der Waals surface area (Å²) in [6, 6.07) is 0. The molecule has 1 aliphatic rings. The van der Waals surface area contributed by atoms with Crippen LogP contribution in [0, 0.1) is 11.8 Å². The summed E-state index contributed by atoms with van der Waals surface area (Å²) < 4.78 is 0.653. The molecule has 2 rings (SSSR count). The predicted octanol–water partition coefficient (Wildman–Crippen LogP) is 2.88. The van der Waals surface area contributed by atoms with E-state index in [1.807, 2.05) is 6.20 Å². The zero-order chi connectivity index (χ0) is 10.1. The van der Waals surface area contributed by atoms with Crippen molar-refractivity contribution in [2.75, 3.05) is 13.1 Å². The molecule has 2 atom stereocenters. The Morgan fingerprint density at radius 2 is 2.14 bits per heavy atom. The van der Waals surface area contributed by atoms with Crippen molar-refractivity contribution >= 4 is 22.9 Å². The first-order chi connectivity index (χ1) is 6.65. The Kier molecular flexibility index (Phi) is 3.10. The molecule has 0 spiro atoms. The van der Waals surface area contributed by atoms with Crippen LogP contribution in [-0.2, 0) is 6.54 Å². The molecule has 78 valence electrons. The molecule has 2 heterocycles. The number of thiazole rings is 1. The van der Waals surface area contributed by atoms with Crippen molar-refractivity contribution in [2.45, 2.75) is 20.4 Å². The minimum atomic E-state index is 0.653. The van der Waals surface area contributed by atoms with Crippen LogP contribution in [0.1, 0.15) is 18.7 Å². The van der Waals surface area contributed by atoms with Gasteiger partial charge < -0.3 is 0 Å². The predicted molar refractivity (Wildman–Crippen MR) is 60.7 cm³/mol. The maximum absolute atomic E-state index is 5.79. The van der Waals surface area contributed by atoms with E-state index in [9.17, 15) is 0 Å². The molecule has 0 saturated carbocycles. The number of likely N-dealkylation sites (tertiary alicyclic amines) is 1. The van der Waals surface area contributed by atoms with E-state index >= 15 is 0 Å². The summed E-state index contributed by atoms with van der Waals surface area (Å²) in [6.45, 7) is 8.07. The molecule has 4 heteroatoms. The first kappa shape index (κ1) is 10.4. The van der Waals surface area contributed by atoms with Gasteiger partial charge >= 0.3 is 0 Å². The lowest BCUT2D eigenvalue weighted by Gasteiger charge is -2.12. The van der Waals surface area contributed by atoms with Gasteiger partial charge in [-0.2, -0.15) is 0 Å². The molecule has 1 fully saturated rings. The van der Waals surface area contributed by atoms with E-state index in [4.69, 9.17) is 11.6 Å². The van der Waals surface area contributed by atoms with Crippen LogP contribution < -0.4 is 0 Å². The molecule has 1 aliphatic heterocycles. The third-order valence-corrected chi connectivity index (χ3v) is 4.07. The second-order valence-electron chi connectivity index (χ2n) is 4.23. The van der Waals surface area contributed by atoms with E-state index in [-0.39, 0.29) is 0 Å². The van der Waals surface area contributed by atoms with Gasteiger partial charge in [0.25, 0.3) is 0 Å². The topological polar surface area (TPSA) is 16.1 Å². The largest absolute Gasteiger partial charge is 0.298 e. The van der Waals surface area contributed by atoms with Gasteiger partial charge in [0, 0.05) is 30.7 Å². The smallest absolute Gasteiger partial charge is 0.183 e. The fourth-order valence-electron chi connectivity index (χ4n) is 1.96. The number of aromatic nitrogens is 1. The summed E-state index contributed by atoms with van der Waals surface area (Å²) in [7, 11) is 0. The molecule has 0 amide bonds. The zero-order valence-electron chi connectivity index (χ0n) is 8.53. The van der Waals surface area contributed by atoms with Gasteiger partial charge in [0.2, 0.25) is 0 Å². The van der Waals surface area contributed by atoms with Crippen molar-refractivity contribution in [3.8, 4) is 0 Å². The number of hydrogen-bond donors (Lipinski definition) is 0. The third-order valence-electron chi connectivity index (χ3n) is 2.97. The summed E-state index contributed by atoms with van der Waals surface area (Å²) >= 11 is 7.38. The Labute approximate surface area is 93.9 Å². The minimum Gasteiger partial charge on any atom is -0.298 e. The highest BCUT2D eigenvalue weighted by Gasteiger charge is 2.25. The number of rotatable bonds is 2. The maximum Gasteiger partial charge on any atom is 0.183 e.